The molecule has 2 amide bonds. The Morgan fingerprint density at radius 1 is 1.28 bits per heavy atom. The number of aliphatic hydroxyl groups is 1. The monoisotopic (exact) mass is 272 g/mol. The molecule has 0 aliphatic rings. The number of aliphatic hydroxyl groups excluding tert-OH is 1. The van der Waals surface area contributed by atoms with Crippen LogP contribution in [0.1, 0.15) is 6.92 Å². The average molecular weight is 273 g/mol. The summed E-state index contributed by atoms with van der Waals surface area (Å²) in [7, 11) is 0. The lowest BCUT2D eigenvalue weighted by atomic mass is 10.2. The number of hydrogen-bond acceptors (Lipinski definition) is 3. The van der Waals surface area contributed by atoms with E-state index in [4.69, 9.17) is 16.7 Å². The first-order valence-corrected chi connectivity index (χ1v) is 5.52. The van der Waals surface area contributed by atoms with Crippen LogP contribution in [0.15, 0.2) is 24.3 Å². The van der Waals surface area contributed by atoms with Gasteiger partial charge in [-0.2, -0.15) is 0 Å². The van der Waals surface area contributed by atoms with Crippen LogP contribution in [-0.4, -0.2) is 34.4 Å². The second-order valence-electron chi connectivity index (χ2n) is 3.66. The number of carbonyl (C=O) groups is 2. The predicted octanol–water partition coefficient (Wildman–Crippen LogP) is 1.30. The van der Waals surface area contributed by atoms with E-state index in [2.05, 4.69) is 10.6 Å². The first-order chi connectivity index (χ1) is 8.40. The molecule has 0 aliphatic heterocycles. The lowest BCUT2D eigenvalue weighted by Gasteiger charge is -2.17. The number of rotatable bonds is 4. The zero-order valence-corrected chi connectivity index (χ0v) is 10.3. The molecule has 1 rings (SSSR count). The fourth-order valence-electron chi connectivity index (χ4n) is 1.23. The maximum atomic E-state index is 11.5. The van der Waals surface area contributed by atoms with Gasteiger partial charge in [0.15, 0.2) is 6.04 Å². The summed E-state index contributed by atoms with van der Waals surface area (Å²) in [6.45, 7) is 1.28. The third kappa shape index (κ3) is 4.23. The highest BCUT2D eigenvalue weighted by atomic mass is 35.5. The summed E-state index contributed by atoms with van der Waals surface area (Å²) in [6, 6.07) is 4.23. The number of nitrogens with one attached hydrogen (secondary N) is 2. The molecule has 98 valence electrons. The van der Waals surface area contributed by atoms with Gasteiger partial charge in [0.1, 0.15) is 0 Å². The van der Waals surface area contributed by atoms with Crippen LogP contribution in [0, 0.1) is 0 Å². The molecular formula is C11H13ClN2O4. The van der Waals surface area contributed by atoms with Gasteiger partial charge in [-0.05, 0) is 31.2 Å². The lowest BCUT2D eigenvalue weighted by molar-refractivity contribution is -0.141. The van der Waals surface area contributed by atoms with Crippen molar-refractivity contribution in [3.8, 4) is 0 Å². The van der Waals surface area contributed by atoms with Crippen molar-refractivity contribution in [2.24, 2.45) is 0 Å². The first kappa shape index (κ1) is 14.3. The highest BCUT2D eigenvalue weighted by Gasteiger charge is 2.24. The second kappa shape index (κ2) is 6.23. The molecular weight excluding hydrogens is 260 g/mol. The third-order valence-electron chi connectivity index (χ3n) is 2.14. The molecule has 18 heavy (non-hydrogen) atoms. The molecule has 0 aromatic heterocycles. The number of carboxylic acid groups (broad SMARTS) is 1. The Labute approximate surface area is 109 Å². The maximum absolute atomic E-state index is 11.5. The van der Waals surface area contributed by atoms with E-state index in [0.29, 0.717) is 10.7 Å². The summed E-state index contributed by atoms with van der Waals surface area (Å²) < 4.78 is 0. The molecule has 0 heterocycles. The summed E-state index contributed by atoms with van der Waals surface area (Å²) in [6.07, 6.45) is -1.20. The number of carboxylic acids is 1. The van der Waals surface area contributed by atoms with Gasteiger partial charge in [-0.3, -0.25) is 0 Å². The molecule has 2 atom stereocenters. The third-order valence-corrected chi connectivity index (χ3v) is 2.39. The Morgan fingerprint density at radius 2 is 1.83 bits per heavy atom. The molecule has 0 bridgehead atoms. The SMILES string of the molecule is CC(O)C(NC(=O)Nc1ccc(Cl)cc1)C(=O)O. The summed E-state index contributed by atoms with van der Waals surface area (Å²) in [5.41, 5.74) is 0.464. The number of urea groups is 1. The van der Waals surface area contributed by atoms with E-state index in [-0.39, 0.29) is 0 Å². The number of benzene rings is 1. The predicted molar refractivity (Wildman–Crippen MR) is 66.7 cm³/mol. The van der Waals surface area contributed by atoms with Gasteiger partial charge in [0.05, 0.1) is 6.10 Å². The summed E-state index contributed by atoms with van der Waals surface area (Å²) in [5.74, 6) is -1.31. The molecule has 0 radical (unpaired) electrons. The minimum atomic E-state index is -1.36. The Hall–Kier alpha value is -1.79. The van der Waals surface area contributed by atoms with E-state index in [1.807, 2.05) is 0 Å². The van der Waals surface area contributed by atoms with E-state index >= 15 is 0 Å². The number of hydrogen-bond donors (Lipinski definition) is 4. The number of carbonyl (C=O) groups excluding carboxylic acids is 1. The molecule has 0 spiro atoms. The zero-order valence-electron chi connectivity index (χ0n) is 9.55. The van der Waals surface area contributed by atoms with Gasteiger partial charge in [0.25, 0.3) is 0 Å². The number of anilines is 1. The molecule has 7 heteroatoms. The minimum absolute atomic E-state index is 0.464. The fraction of sp³-hybridized carbons (Fsp3) is 0.273. The van der Waals surface area contributed by atoms with Crippen LogP contribution in [0.5, 0.6) is 0 Å². The number of aliphatic carboxylic acids is 1. The molecule has 0 saturated carbocycles. The minimum Gasteiger partial charge on any atom is -0.480 e. The number of amides is 2. The molecule has 0 aliphatic carbocycles. The van der Waals surface area contributed by atoms with Crippen LogP contribution >= 0.6 is 11.6 Å². The van der Waals surface area contributed by atoms with Gasteiger partial charge in [-0.25, -0.2) is 9.59 Å². The normalized spacial score (nSPS) is 13.5. The van der Waals surface area contributed by atoms with Crippen molar-refractivity contribution in [3.05, 3.63) is 29.3 Å². The lowest BCUT2D eigenvalue weighted by Crippen LogP contribution is -2.49. The molecule has 2 unspecified atom stereocenters. The highest BCUT2D eigenvalue weighted by Crippen LogP contribution is 2.13. The van der Waals surface area contributed by atoms with Crippen molar-refractivity contribution >= 4 is 29.3 Å². The van der Waals surface area contributed by atoms with E-state index < -0.39 is 24.1 Å². The Morgan fingerprint density at radius 3 is 2.28 bits per heavy atom. The summed E-state index contributed by atoms with van der Waals surface area (Å²) in [5, 5.41) is 23.1. The van der Waals surface area contributed by atoms with Crippen molar-refractivity contribution in [3.63, 3.8) is 0 Å². The van der Waals surface area contributed by atoms with Crippen molar-refractivity contribution in [1.82, 2.24) is 5.32 Å². The van der Waals surface area contributed by atoms with Gasteiger partial charge in [-0.15, -0.1) is 0 Å². The van der Waals surface area contributed by atoms with Gasteiger partial charge in [0.2, 0.25) is 0 Å². The van der Waals surface area contributed by atoms with E-state index in [1.165, 1.54) is 6.92 Å². The van der Waals surface area contributed by atoms with Crippen molar-refractivity contribution in [1.29, 1.82) is 0 Å². The van der Waals surface area contributed by atoms with E-state index in [9.17, 15) is 14.7 Å². The van der Waals surface area contributed by atoms with Crippen molar-refractivity contribution in [2.45, 2.75) is 19.1 Å². The maximum Gasteiger partial charge on any atom is 0.328 e. The largest absolute Gasteiger partial charge is 0.480 e. The quantitative estimate of drug-likeness (QED) is 0.664. The van der Waals surface area contributed by atoms with Crippen LogP contribution in [0.2, 0.25) is 5.02 Å². The molecule has 6 nitrogen and oxygen atoms in total. The Kier molecular flexibility index (Phi) is 4.94. The van der Waals surface area contributed by atoms with Crippen LogP contribution < -0.4 is 10.6 Å². The fourth-order valence-corrected chi connectivity index (χ4v) is 1.36. The topological polar surface area (TPSA) is 98.7 Å². The van der Waals surface area contributed by atoms with E-state index in [0.717, 1.165) is 0 Å². The van der Waals surface area contributed by atoms with Crippen LogP contribution in [-0.2, 0) is 4.79 Å². The zero-order chi connectivity index (χ0) is 13.7. The van der Waals surface area contributed by atoms with Crippen LogP contribution in [0.3, 0.4) is 0 Å². The van der Waals surface area contributed by atoms with Crippen LogP contribution in [0.25, 0.3) is 0 Å². The highest BCUT2D eigenvalue weighted by molar-refractivity contribution is 6.30. The summed E-state index contributed by atoms with van der Waals surface area (Å²) in [4.78, 5) is 22.2. The van der Waals surface area contributed by atoms with Gasteiger partial charge in [-0.1, -0.05) is 11.6 Å². The second-order valence-corrected chi connectivity index (χ2v) is 4.10. The standard InChI is InChI=1S/C11H13ClN2O4/c1-6(15)9(10(16)17)14-11(18)13-8-4-2-7(12)3-5-8/h2-6,9,15H,1H3,(H,16,17)(H2,13,14,18). The first-order valence-electron chi connectivity index (χ1n) is 5.14. The van der Waals surface area contributed by atoms with E-state index in [1.54, 1.807) is 24.3 Å². The van der Waals surface area contributed by atoms with Crippen molar-refractivity contribution < 1.29 is 19.8 Å². The molecule has 1 aromatic carbocycles. The molecule has 0 fully saturated rings. The Balaban J connectivity index is 2.60. The molecule has 4 N–H and O–H groups in total. The summed E-state index contributed by atoms with van der Waals surface area (Å²) >= 11 is 5.68. The molecule has 0 saturated heterocycles. The van der Waals surface area contributed by atoms with Gasteiger partial charge in [0, 0.05) is 10.7 Å². The Bertz CT molecular complexity index is 433. The molecule has 1 aromatic rings. The van der Waals surface area contributed by atoms with Gasteiger partial charge >= 0.3 is 12.0 Å². The van der Waals surface area contributed by atoms with Crippen molar-refractivity contribution in [2.75, 3.05) is 5.32 Å². The van der Waals surface area contributed by atoms with Gasteiger partial charge < -0.3 is 20.8 Å². The van der Waals surface area contributed by atoms with Crippen LogP contribution in [0.4, 0.5) is 10.5 Å². The smallest absolute Gasteiger partial charge is 0.328 e. The number of halogens is 1. The average Bonchev–Trinajstić information content (AvgIpc) is 2.28.